The van der Waals surface area contributed by atoms with E-state index in [2.05, 4.69) is 10.5 Å². The van der Waals surface area contributed by atoms with Gasteiger partial charge in [0.15, 0.2) is 5.82 Å². The Morgan fingerprint density at radius 2 is 1.89 bits per heavy atom. The Morgan fingerprint density at radius 3 is 2.50 bits per heavy atom. The van der Waals surface area contributed by atoms with Crippen molar-refractivity contribution in [3.8, 4) is 0 Å². The zero-order valence-corrected chi connectivity index (χ0v) is 16.6. The molecule has 0 unspecified atom stereocenters. The summed E-state index contributed by atoms with van der Waals surface area (Å²) in [6, 6.07) is 0.698. The first-order chi connectivity index (χ1) is 13.1. The average molecular weight is 398 g/mol. The number of hydrogen-bond acceptors (Lipinski definition) is 4. The molecule has 0 saturated carbocycles. The van der Waals surface area contributed by atoms with Crippen molar-refractivity contribution in [1.29, 1.82) is 0 Å². The summed E-state index contributed by atoms with van der Waals surface area (Å²) in [7, 11) is 0. The van der Waals surface area contributed by atoms with Crippen LogP contribution in [0, 0.1) is 0 Å². The SMILES string of the molecule is CC(C)(C)c1cc(NC(=O)[C@@H]2CCCCN2C(=O)N2CCC(F)(F)CC2)no1. The molecule has 0 aliphatic carbocycles. The van der Waals surface area contributed by atoms with Gasteiger partial charge in [-0.05, 0) is 19.3 Å². The largest absolute Gasteiger partial charge is 0.359 e. The van der Waals surface area contributed by atoms with E-state index in [9.17, 15) is 18.4 Å². The van der Waals surface area contributed by atoms with Crippen LogP contribution in [0.2, 0.25) is 0 Å². The highest BCUT2D eigenvalue weighted by molar-refractivity contribution is 5.96. The molecule has 1 N–H and O–H groups in total. The molecule has 156 valence electrons. The summed E-state index contributed by atoms with van der Waals surface area (Å²) in [5.41, 5.74) is -0.237. The van der Waals surface area contributed by atoms with Crippen LogP contribution in [0.1, 0.15) is 58.6 Å². The smallest absolute Gasteiger partial charge is 0.320 e. The molecule has 1 aromatic heterocycles. The maximum atomic E-state index is 13.4. The molecule has 9 heteroatoms. The molecule has 2 aliphatic rings. The number of carbonyl (C=O) groups excluding carboxylic acids is 2. The number of anilines is 1. The Kier molecular flexibility index (Phi) is 5.63. The van der Waals surface area contributed by atoms with Crippen molar-refractivity contribution in [3.63, 3.8) is 0 Å². The topological polar surface area (TPSA) is 78.7 Å². The lowest BCUT2D eigenvalue weighted by molar-refractivity contribution is -0.121. The van der Waals surface area contributed by atoms with Gasteiger partial charge in [-0.2, -0.15) is 0 Å². The first-order valence-corrected chi connectivity index (χ1v) is 9.78. The molecule has 0 bridgehead atoms. The Balaban J connectivity index is 1.66. The average Bonchev–Trinajstić information content (AvgIpc) is 3.10. The highest BCUT2D eigenvalue weighted by Gasteiger charge is 2.40. The van der Waals surface area contributed by atoms with Crippen LogP contribution >= 0.6 is 0 Å². The molecule has 1 aromatic rings. The molecule has 7 nitrogen and oxygen atoms in total. The van der Waals surface area contributed by atoms with Crippen LogP contribution in [-0.2, 0) is 10.2 Å². The summed E-state index contributed by atoms with van der Waals surface area (Å²) in [4.78, 5) is 28.6. The van der Waals surface area contributed by atoms with Gasteiger partial charge in [0.1, 0.15) is 11.8 Å². The van der Waals surface area contributed by atoms with Gasteiger partial charge in [0.2, 0.25) is 5.91 Å². The number of rotatable bonds is 2. The van der Waals surface area contributed by atoms with Gasteiger partial charge in [-0.25, -0.2) is 13.6 Å². The normalized spacial score (nSPS) is 22.8. The third kappa shape index (κ3) is 4.62. The molecule has 2 aliphatic heterocycles. The number of amides is 3. The summed E-state index contributed by atoms with van der Waals surface area (Å²) in [5, 5.41) is 6.62. The lowest BCUT2D eigenvalue weighted by atomic mass is 9.93. The maximum absolute atomic E-state index is 13.4. The number of alkyl halides is 2. The molecule has 2 fully saturated rings. The fourth-order valence-corrected chi connectivity index (χ4v) is 3.54. The van der Waals surface area contributed by atoms with Crippen molar-refractivity contribution in [2.75, 3.05) is 25.0 Å². The van der Waals surface area contributed by atoms with Crippen LogP contribution in [-0.4, -0.2) is 58.5 Å². The number of urea groups is 1. The van der Waals surface area contributed by atoms with Crippen molar-refractivity contribution in [2.45, 2.75) is 70.3 Å². The summed E-state index contributed by atoms with van der Waals surface area (Å²) < 4.78 is 32.1. The number of hydrogen-bond donors (Lipinski definition) is 1. The predicted octanol–water partition coefficient (Wildman–Crippen LogP) is 3.62. The highest BCUT2D eigenvalue weighted by Crippen LogP contribution is 2.30. The molecule has 3 heterocycles. The predicted molar refractivity (Wildman–Crippen MR) is 99.3 cm³/mol. The van der Waals surface area contributed by atoms with E-state index in [1.54, 1.807) is 6.07 Å². The molecule has 0 radical (unpaired) electrons. The molecular weight excluding hydrogens is 370 g/mol. The highest BCUT2D eigenvalue weighted by atomic mass is 19.3. The maximum Gasteiger partial charge on any atom is 0.320 e. The van der Waals surface area contributed by atoms with E-state index < -0.39 is 12.0 Å². The van der Waals surface area contributed by atoms with Gasteiger partial charge < -0.3 is 19.6 Å². The molecular formula is C19H28F2N4O3. The van der Waals surface area contributed by atoms with Gasteiger partial charge >= 0.3 is 6.03 Å². The number of nitrogens with one attached hydrogen (secondary N) is 1. The number of likely N-dealkylation sites (tertiary alicyclic amines) is 2. The molecule has 2 saturated heterocycles. The summed E-state index contributed by atoms with van der Waals surface area (Å²) in [6.07, 6.45) is 1.48. The van der Waals surface area contributed by atoms with Crippen LogP contribution in [0.15, 0.2) is 10.6 Å². The van der Waals surface area contributed by atoms with Crippen LogP contribution in [0.25, 0.3) is 0 Å². The first kappa shape index (κ1) is 20.5. The van der Waals surface area contributed by atoms with E-state index in [0.717, 1.165) is 12.8 Å². The number of aromatic nitrogens is 1. The zero-order chi connectivity index (χ0) is 20.5. The number of halogens is 2. The van der Waals surface area contributed by atoms with Gasteiger partial charge in [-0.15, -0.1) is 0 Å². The second-order valence-corrected chi connectivity index (χ2v) is 8.65. The van der Waals surface area contributed by atoms with Gasteiger partial charge in [0, 0.05) is 44.0 Å². The van der Waals surface area contributed by atoms with Crippen molar-refractivity contribution in [3.05, 3.63) is 11.8 Å². The minimum Gasteiger partial charge on any atom is -0.359 e. The minimum atomic E-state index is -2.72. The summed E-state index contributed by atoms with van der Waals surface area (Å²) in [6.45, 7) is 6.38. The second kappa shape index (κ2) is 7.67. The van der Waals surface area contributed by atoms with E-state index in [0.29, 0.717) is 24.5 Å². The fraction of sp³-hybridized carbons (Fsp3) is 0.737. The zero-order valence-electron chi connectivity index (χ0n) is 16.6. The molecule has 28 heavy (non-hydrogen) atoms. The van der Waals surface area contributed by atoms with Crippen molar-refractivity contribution in [2.24, 2.45) is 0 Å². The molecule has 1 atom stereocenters. The Bertz CT molecular complexity index is 719. The van der Waals surface area contributed by atoms with Crippen molar-refractivity contribution >= 4 is 17.8 Å². The second-order valence-electron chi connectivity index (χ2n) is 8.65. The monoisotopic (exact) mass is 398 g/mol. The van der Waals surface area contributed by atoms with Gasteiger partial charge in [-0.3, -0.25) is 4.79 Å². The Labute approximate surface area is 163 Å². The van der Waals surface area contributed by atoms with E-state index in [4.69, 9.17) is 4.52 Å². The van der Waals surface area contributed by atoms with Crippen molar-refractivity contribution in [1.82, 2.24) is 15.0 Å². The van der Waals surface area contributed by atoms with Gasteiger partial charge in [-0.1, -0.05) is 25.9 Å². The lowest BCUT2D eigenvalue weighted by Crippen LogP contribution is -2.56. The van der Waals surface area contributed by atoms with Gasteiger partial charge in [0.25, 0.3) is 5.92 Å². The summed E-state index contributed by atoms with van der Waals surface area (Å²) >= 11 is 0. The molecule has 3 rings (SSSR count). The third-order valence-electron chi connectivity index (χ3n) is 5.32. The molecule has 0 spiro atoms. The van der Waals surface area contributed by atoms with Crippen LogP contribution in [0.4, 0.5) is 19.4 Å². The Morgan fingerprint density at radius 1 is 1.21 bits per heavy atom. The number of carbonyl (C=O) groups is 2. The lowest BCUT2D eigenvalue weighted by Gasteiger charge is -2.40. The third-order valence-corrected chi connectivity index (χ3v) is 5.32. The standard InChI is InChI=1S/C19H28F2N4O3/c1-18(2,3)14-12-15(23-28-14)22-16(26)13-6-4-5-9-25(13)17(27)24-10-7-19(20,21)8-11-24/h12-13H,4-11H2,1-3H3,(H,22,23,26)/t13-/m0/s1. The van der Waals surface area contributed by atoms with E-state index in [1.165, 1.54) is 9.80 Å². The summed E-state index contributed by atoms with van der Waals surface area (Å²) in [5.74, 6) is -2.09. The van der Waals surface area contributed by atoms with E-state index in [1.807, 2.05) is 20.8 Å². The quantitative estimate of drug-likeness (QED) is 0.825. The van der Waals surface area contributed by atoms with E-state index in [-0.39, 0.29) is 43.3 Å². The minimum absolute atomic E-state index is 0.00883. The molecule has 0 aromatic carbocycles. The van der Waals surface area contributed by atoms with Crippen LogP contribution in [0.5, 0.6) is 0 Å². The molecule has 3 amide bonds. The van der Waals surface area contributed by atoms with Crippen LogP contribution < -0.4 is 5.32 Å². The first-order valence-electron chi connectivity index (χ1n) is 9.78. The van der Waals surface area contributed by atoms with E-state index >= 15 is 0 Å². The van der Waals surface area contributed by atoms with Gasteiger partial charge in [0.05, 0.1) is 0 Å². The Hall–Kier alpha value is -2.19. The number of piperidine rings is 2. The number of nitrogens with zero attached hydrogens (tertiary/aromatic N) is 3. The van der Waals surface area contributed by atoms with Crippen molar-refractivity contribution < 1.29 is 22.9 Å². The fourth-order valence-electron chi connectivity index (χ4n) is 3.54. The van der Waals surface area contributed by atoms with Crippen LogP contribution in [0.3, 0.4) is 0 Å².